The molecule has 0 aromatic carbocycles. The zero-order chi connectivity index (χ0) is 20.2. The van der Waals surface area contributed by atoms with Crippen LogP contribution in [-0.4, -0.2) is 110 Å². The van der Waals surface area contributed by atoms with Gasteiger partial charge in [0.25, 0.3) is 0 Å². The van der Waals surface area contributed by atoms with E-state index in [-0.39, 0.29) is 12.3 Å². The smallest absolute Gasteiger partial charge is 0.394 e. The first-order valence-electron chi connectivity index (χ1n) is 7.73. The molecule has 1 aliphatic carbocycles. The molecule has 1 fully saturated rings. The quantitative estimate of drug-likeness (QED) is 0.123. The van der Waals surface area contributed by atoms with Gasteiger partial charge in [0, 0.05) is 0 Å². The van der Waals surface area contributed by atoms with Crippen LogP contribution in [0.15, 0.2) is 0 Å². The number of aliphatic hydroxyl groups excluding tert-OH is 8. The molecular weight excluding hydrogens is 380 g/mol. The van der Waals surface area contributed by atoms with Crippen LogP contribution >= 0.6 is 0 Å². The first kappa shape index (κ1) is 23.5. The van der Waals surface area contributed by atoms with Gasteiger partial charge in [-0.1, -0.05) is 0 Å². The van der Waals surface area contributed by atoms with Gasteiger partial charge in [-0.25, -0.2) is 4.18 Å². The molecule has 1 aliphatic rings. The molecule has 13 heteroatoms. The van der Waals surface area contributed by atoms with Gasteiger partial charge in [-0.05, 0) is 0 Å². The average Bonchev–Trinajstić information content (AvgIpc) is 2.82. The molecule has 12 nitrogen and oxygen atoms in total. The molecule has 0 bridgehead atoms. The lowest BCUT2D eigenvalue weighted by Gasteiger charge is -2.30. The minimum absolute atomic E-state index is 0.125. The fourth-order valence-corrected chi connectivity index (χ4v) is 3.45. The third kappa shape index (κ3) is 5.97. The summed E-state index contributed by atoms with van der Waals surface area (Å²) in [5.74, 6) is -0.676. The maximum Gasteiger partial charge on any atom is 0.397 e. The normalized spacial score (nSPS) is 30.0. The van der Waals surface area contributed by atoms with Crippen molar-refractivity contribution < 1.29 is 58.0 Å². The number of rotatable bonds is 10. The zero-order valence-corrected chi connectivity index (χ0v) is 14.4. The molecule has 0 aliphatic heterocycles. The second-order valence-corrected chi connectivity index (χ2v) is 7.25. The van der Waals surface area contributed by atoms with Crippen LogP contribution in [0.1, 0.15) is 12.8 Å². The van der Waals surface area contributed by atoms with Crippen molar-refractivity contribution in [2.45, 2.75) is 55.6 Å². The van der Waals surface area contributed by atoms with Gasteiger partial charge in [0.15, 0.2) is 5.92 Å². The van der Waals surface area contributed by atoms with Gasteiger partial charge in [-0.3, -0.25) is 4.55 Å². The van der Waals surface area contributed by atoms with Crippen molar-refractivity contribution in [1.82, 2.24) is 0 Å². The van der Waals surface area contributed by atoms with E-state index >= 15 is 0 Å². The van der Waals surface area contributed by atoms with Gasteiger partial charge in [0.2, 0.25) is 0 Å². The fraction of sp³-hybridized carbons (Fsp3) is 0.923. The molecule has 0 radical (unpaired) electrons. The Kier molecular flexibility index (Phi) is 8.63. The van der Waals surface area contributed by atoms with Crippen molar-refractivity contribution in [2.75, 3.05) is 13.2 Å². The summed E-state index contributed by atoms with van der Waals surface area (Å²) < 4.78 is 34.9. The Morgan fingerprint density at radius 2 is 1.62 bits per heavy atom. The van der Waals surface area contributed by atoms with Gasteiger partial charge >= 0.3 is 10.4 Å². The van der Waals surface area contributed by atoms with E-state index in [1.807, 2.05) is 0 Å². The Hall–Kier alpha value is -0.580. The third-order valence-corrected chi connectivity index (χ3v) is 4.82. The predicted octanol–water partition coefficient (Wildman–Crippen LogP) is -4.69. The fourth-order valence-electron chi connectivity index (χ4n) is 2.93. The van der Waals surface area contributed by atoms with E-state index in [1.165, 1.54) is 0 Å². The molecular formula is C13H25O12S+. The van der Waals surface area contributed by atoms with E-state index < -0.39 is 78.7 Å². The Morgan fingerprint density at radius 1 is 1.04 bits per heavy atom. The van der Waals surface area contributed by atoms with E-state index in [0.29, 0.717) is 0 Å². The third-order valence-electron chi connectivity index (χ3n) is 4.35. The molecule has 154 valence electrons. The lowest BCUT2D eigenvalue weighted by molar-refractivity contribution is -0.133. The Balaban J connectivity index is 2.95. The minimum Gasteiger partial charge on any atom is -0.394 e. The van der Waals surface area contributed by atoms with Gasteiger partial charge in [0.05, 0.1) is 13.2 Å². The predicted molar refractivity (Wildman–Crippen MR) is 82.6 cm³/mol. The summed E-state index contributed by atoms with van der Waals surface area (Å²) in [7, 11) is -5.19. The molecule has 0 saturated heterocycles. The highest BCUT2D eigenvalue weighted by atomic mass is 32.3. The van der Waals surface area contributed by atoms with Gasteiger partial charge < -0.3 is 40.9 Å². The number of hydrogen-bond acceptors (Lipinski definition) is 11. The summed E-state index contributed by atoms with van der Waals surface area (Å²) in [5, 5.41) is 76.6. The Bertz CT molecular complexity index is 527. The van der Waals surface area contributed by atoms with Crippen LogP contribution in [0.3, 0.4) is 0 Å². The first-order chi connectivity index (χ1) is 11.9. The van der Waals surface area contributed by atoms with Crippen molar-refractivity contribution in [1.29, 1.82) is 0 Å². The lowest BCUT2D eigenvalue weighted by atomic mass is 9.87. The van der Waals surface area contributed by atoms with Crippen molar-refractivity contribution in [3.05, 3.63) is 5.92 Å². The van der Waals surface area contributed by atoms with Crippen LogP contribution in [0.4, 0.5) is 0 Å². The van der Waals surface area contributed by atoms with Crippen LogP contribution in [0.5, 0.6) is 0 Å². The molecule has 9 N–H and O–H groups in total. The maximum atomic E-state index is 11.0. The molecule has 8 atom stereocenters. The summed E-state index contributed by atoms with van der Waals surface area (Å²) in [4.78, 5) is 0. The number of aliphatic hydroxyl groups is 8. The van der Waals surface area contributed by atoms with Crippen LogP contribution in [-0.2, 0) is 14.6 Å². The molecule has 0 heterocycles. The van der Waals surface area contributed by atoms with E-state index in [1.54, 1.807) is 0 Å². The molecule has 0 amide bonds. The van der Waals surface area contributed by atoms with E-state index in [9.17, 15) is 44.2 Å². The van der Waals surface area contributed by atoms with Crippen molar-refractivity contribution in [3.63, 3.8) is 0 Å². The largest absolute Gasteiger partial charge is 0.397 e. The van der Waals surface area contributed by atoms with Crippen molar-refractivity contribution in [2.24, 2.45) is 5.92 Å². The standard InChI is InChI=1S/C13H24O12S/c14-3-6-5(1-7(16)10(6)19)2-8(17)13(25-26(22,23)24)12(21)11(20)9(18)4-15/h6-21H,1-4H2/p+1/t6-,7+,8+,9-,10+,11-,12+,13+/m0/s1. The van der Waals surface area contributed by atoms with Gasteiger partial charge in [0.1, 0.15) is 61.5 Å². The zero-order valence-electron chi connectivity index (χ0n) is 13.6. The number of hydrogen-bond donors (Lipinski definition) is 9. The monoisotopic (exact) mass is 405 g/mol. The van der Waals surface area contributed by atoms with Crippen LogP contribution in [0.25, 0.3) is 0 Å². The molecule has 0 unspecified atom stereocenters. The van der Waals surface area contributed by atoms with Crippen molar-refractivity contribution >= 4 is 10.4 Å². The molecule has 0 aromatic heterocycles. The summed E-state index contributed by atoms with van der Waals surface area (Å²) in [6.45, 7) is -1.56. The second kappa shape index (κ2) is 9.57. The molecule has 0 aromatic rings. The van der Waals surface area contributed by atoms with Crippen LogP contribution in [0.2, 0.25) is 0 Å². The van der Waals surface area contributed by atoms with E-state index in [0.717, 1.165) is 0 Å². The lowest BCUT2D eigenvalue weighted by Crippen LogP contribution is -2.52. The SMILES string of the molecule is O=S(=O)(O)O[C@@H]([C@H](O)[C@@H](O)[C@@H](O)CO)[C@H](O)C[C+]1C[C@@H](O)[C@H](O)[C@H]1CO. The Labute approximate surface area is 149 Å². The highest BCUT2D eigenvalue weighted by Gasteiger charge is 2.52. The van der Waals surface area contributed by atoms with Crippen molar-refractivity contribution in [3.8, 4) is 0 Å². The maximum absolute atomic E-state index is 11.0. The molecule has 1 saturated carbocycles. The Morgan fingerprint density at radius 3 is 2.08 bits per heavy atom. The highest BCUT2D eigenvalue weighted by Crippen LogP contribution is 2.38. The average molecular weight is 405 g/mol. The van der Waals surface area contributed by atoms with Gasteiger partial charge in [-0.2, -0.15) is 8.42 Å². The second-order valence-electron chi connectivity index (χ2n) is 6.20. The minimum atomic E-state index is -5.19. The summed E-state index contributed by atoms with van der Waals surface area (Å²) in [6, 6.07) is 0. The van der Waals surface area contributed by atoms with Crippen LogP contribution < -0.4 is 0 Å². The molecule has 1 rings (SSSR count). The topological polar surface area (TPSA) is 225 Å². The molecule has 0 spiro atoms. The highest BCUT2D eigenvalue weighted by molar-refractivity contribution is 7.80. The van der Waals surface area contributed by atoms with E-state index in [2.05, 4.69) is 4.18 Å². The van der Waals surface area contributed by atoms with Crippen LogP contribution in [0, 0.1) is 11.8 Å². The molecule has 26 heavy (non-hydrogen) atoms. The van der Waals surface area contributed by atoms with E-state index in [4.69, 9.17) is 9.66 Å². The first-order valence-corrected chi connectivity index (χ1v) is 9.09. The van der Waals surface area contributed by atoms with Gasteiger partial charge in [-0.15, -0.1) is 0 Å². The summed E-state index contributed by atoms with van der Waals surface area (Å²) in [5.41, 5.74) is 0. The summed E-state index contributed by atoms with van der Waals surface area (Å²) in [6.07, 6.45) is -13.4. The summed E-state index contributed by atoms with van der Waals surface area (Å²) >= 11 is 0.